The van der Waals surface area contributed by atoms with Crippen LogP contribution >= 0.6 is 11.8 Å². The van der Waals surface area contributed by atoms with Crippen LogP contribution in [0.25, 0.3) is 22.4 Å². The Kier molecular flexibility index (Phi) is 6.72. The van der Waals surface area contributed by atoms with Crippen molar-refractivity contribution in [2.45, 2.75) is 19.0 Å². The Hall–Kier alpha value is -4.50. The number of ketones is 1. The number of Topliss-reactive ketones (excluding diaryl/α,β-unsaturated/α-hetero) is 1. The van der Waals surface area contributed by atoms with E-state index in [1.54, 1.807) is 10.9 Å². The molecule has 178 valence electrons. The molecule has 8 nitrogen and oxygen atoms in total. The van der Waals surface area contributed by atoms with Gasteiger partial charge in [-0.15, -0.1) is 10.2 Å². The maximum absolute atomic E-state index is 12.4. The molecule has 0 aliphatic carbocycles. The number of rotatable bonds is 7. The number of carbonyl (C=O) groups excluding carboxylic acids is 1. The molecule has 0 saturated heterocycles. The minimum atomic E-state index is -0.201. The molecule has 3 aromatic carbocycles. The zero-order chi connectivity index (χ0) is 24.9. The van der Waals surface area contributed by atoms with E-state index in [0.29, 0.717) is 11.0 Å². The number of hydrogen-bond donors (Lipinski definition) is 2. The number of carbonyl (C=O) groups is 1. The summed E-state index contributed by atoms with van der Waals surface area (Å²) in [6.45, 7) is 3.50. The summed E-state index contributed by atoms with van der Waals surface area (Å²) in [7, 11) is 0. The second kappa shape index (κ2) is 10.4. The number of aromatic nitrogens is 4. The summed E-state index contributed by atoms with van der Waals surface area (Å²) in [5.74, 6) is 0.323. The molecular weight excluding hydrogens is 470 g/mol. The van der Waals surface area contributed by atoms with Crippen LogP contribution in [0, 0.1) is 6.92 Å². The van der Waals surface area contributed by atoms with Gasteiger partial charge in [-0.2, -0.15) is 14.9 Å². The van der Waals surface area contributed by atoms with Crippen molar-refractivity contribution in [1.29, 1.82) is 0 Å². The number of nitrogens with zero attached hydrogens (tertiary/aromatic N) is 5. The number of aryl methyl sites for hydroxylation is 1. The van der Waals surface area contributed by atoms with Gasteiger partial charge in [0.15, 0.2) is 10.8 Å². The molecule has 0 fully saturated rings. The first-order chi connectivity index (χ1) is 17.6. The van der Waals surface area contributed by atoms with Crippen LogP contribution in [0.15, 0.2) is 100 Å². The molecule has 2 aromatic heterocycles. The Morgan fingerprint density at radius 1 is 1.00 bits per heavy atom. The van der Waals surface area contributed by atoms with Crippen LogP contribution in [0.1, 0.15) is 18.1 Å². The molecule has 9 heteroatoms. The van der Waals surface area contributed by atoms with Gasteiger partial charge in [0.2, 0.25) is 11.0 Å². The lowest BCUT2D eigenvalue weighted by Crippen LogP contribution is -2.09. The van der Waals surface area contributed by atoms with E-state index >= 15 is 0 Å². The van der Waals surface area contributed by atoms with Crippen LogP contribution in [-0.4, -0.2) is 36.9 Å². The predicted molar refractivity (Wildman–Crippen MR) is 146 cm³/mol. The fourth-order valence-electron chi connectivity index (χ4n) is 3.46. The molecule has 2 N–H and O–H groups in total. The van der Waals surface area contributed by atoms with E-state index < -0.39 is 0 Å². The topological polar surface area (TPSA) is 100 Å². The van der Waals surface area contributed by atoms with Crippen LogP contribution in [0.3, 0.4) is 0 Å². The average molecular weight is 494 g/mol. The Morgan fingerprint density at radius 3 is 2.50 bits per heavy atom. The number of thioether (sulfide) groups is 1. The number of para-hydroxylation sites is 2. The van der Waals surface area contributed by atoms with Gasteiger partial charge in [-0.25, -0.2) is 0 Å². The number of fused-ring (bicyclic) bond motifs is 1. The smallest absolute Gasteiger partial charge is 0.218 e. The molecule has 0 aliphatic heterocycles. The molecule has 36 heavy (non-hydrogen) atoms. The molecule has 0 unspecified atom stereocenters. The highest BCUT2D eigenvalue weighted by molar-refractivity contribution is 8.15. The van der Waals surface area contributed by atoms with Crippen molar-refractivity contribution in [3.05, 3.63) is 96.1 Å². The summed E-state index contributed by atoms with van der Waals surface area (Å²) in [5, 5.41) is 19.4. The lowest BCUT2D eigenvalue weighted by Gasteiger charge is -2.05. The molecule has 0 amide bonds. The van der Waals surface area contributed by atoms with Crippen molar-refractivity contribution in [3.63, 3.8) is 0 Å². The van der Waals surface area contributed by atoms with Gasteiger partial charge in [-0.3, -0.25) is 10.2 Å². The van der Waals surface area contributed by atoms with Crippen LogP contribution in [-0.2, 0) is 4.79 Å². The highest BCUT2D eigenvalue weighted by Gasteiger charge is 2.20. The van der Waals surface area contributed by atoms with E-state index in [2.05, 4.69) is 30.8 Å². The number of H-pyrrole nitrogens is 1. The van der Waals surface area contributed by atoms with Gasteiger partial charge in [0.25, 0.3) is 0 Å². The lowest BCUT2D eigenvalue weighted by molar-refractivity contribution is -0.110. The monoisotopic (exact) mass is 493 g/mol. The number of anilines is 1. The first kappa shape index (κ1) is 23.3. The largest absolute Gasteiger partial charge is 0.352 e. The molecule has 5 rings (SSSR count). The standard InChI is InChI=1S/C27H23N7OS/c1-18-12-14-20(15-13-18)17-28-34-25(24-16-21-8-6-7-11-23(21)29-24)31-33-27(34)36-26(19(2)35)32-30-22-9-4-3-5-10-22/h3-17,29-30H,1-2H3/b28-17+,32-26+. The molecule has 0 aliphatic rings. The van der Waals surface area contributed by atoms with Crippen molar-refractivity contribution in [2.75, 3.05) is 5.43 Å². The van der Waals surface area contributed by atoms with Crippen LogP contribution in [0.5, 0.6) is 0 Å². The van der Waals surface area contributed by atoms with Crippen LogP contribution in [0.4, 0.5) is 5.69 Å². The molecule has 0 radical (unpaired) electrons. The number of hydrogen-bond acceptors (Lipinski definition) is 7. The number of benzene rings is 3. The molecule has 0 spiro atoms. The minimum Gasteiger partial charge on any atom is -0.352 e. The highest BCUT2D eigenvalue weighted by atomic mass is 32.2. The summed E-state index contributed by atoms with van der Waals surface area (Å²) in [6.07, 6.45) is 1.74. The van der Waals surface area contributed by atoms with E-state index in [-0.39, 0.29) is 10.8 Å². The van der Waals surface area contributed by atoms with Crippen LogP contribution in [0.2, 0.25) is 0 Å². The lowest BCUT2D eigenvalue weighted by atomic mass is 10.2. The third kappa shape index (κ3) is 5.26. The number of aromatic amines is 1. The number of nitrogens with one attached hydrogen (secondary N) is 2. The Labute approximate surface area is 212 Å². The van der Waals surface area contributed by atoms with Crippen molar-refractivity contribution < 1.29 is 4.79 Å². The Bertz CT molecular complexity index is 1530. The Morgan fingerprint density at radius 2 is 1.75 bits per heavy atom. The second-order valence-electron chi connectivity index (χ2n) is 8.10. The fourth-order valence-corrected chi connectivity index (χ4v) is 4.17. The van der Waals surface area contributed by atoms with Gasteiger partial charge in [0.05, 0.1) is 17.6 Å². The minimum absolute atomic E-state index is 0.201. The third-order valence-electron chi connectivity index (χ3n) is 5.33. The van der Waals surface area contributed by atoms with Crippen molar-refractivity contribution in [2.24, 2.45) is 10.2 Å². The van der Waals surface area contributed by atoms with Gasteiger partial charge in [-0.05, 0) is 48.5 Å². The second-order valence-corrected chi connectivity index (χ2v) is 9.05. The fraction of sp³-hybridized carbons (Fsp3) is 0.0741. The number of hydrazone groups is 1. The summed E-state index contributed by atoms with van der Waals surface area (Å²) in [5.41, 5.74) is 7.55. The quantitative estimate of drug-likeness (QED) is 0.131. The van der Waals surface area contributed by atoms with E-state index in [1.807, 2.05) is 91.9 Å². The average Bonchev–Trinajstić information content (AvgIpc) is 3.50. The SMILES string of the molecule is CC(=O)/C(=N\Nc1ccccc1)Sc1nnc(-c2cc3ccccc3[nH]2)n1/N=C/c1ccc(C)cc1. The van der Waals surface area contributed by atoms with Crippen molar-refractivity contribution in [3.8, 4) is 11.5 Å². The van der Waals surface area contributed by atoms with Gasteiger partial charge in [0, 0.05) is 17.8 Å². The Balaban J connectivity index is 1.53. The van der Waals surface area contributed by atoms with Gasteiger partial charge in [-0.1, -0.05) is 66.2 Å². The molecule has 0 bridgehead atoms. The zero-order valence-corrected chi connectivity index (χ0v) is 20.5. The van der Waals surface area contributed by atoms with Gasteiger partial charge < -0.3 is 4.98 Å². The first-order valence-electron chi connectivity index (χ1n) is 11.3. The molecule has 0 saturated carbocycles. The van der Waals surface area contributed by atoms with Gasteiger partial charge in [0.1, 0.15) is 0 Å². The third-order valence-corrected chi connectivity index (χ3v) is 6.34. The molecule has 5 aromatic rings. The highest BCUT2D eigenvalue weighted by Crippen LogP contribution is 2.27. The zero-order valence-electron chi connectivity index (χ0n) is 19.7. The summed E-state index contributed by atoms with van der Waals surface area (Å²) in [4.78, 5) is 15.8. The maximum atomic E-state index is 12.4. The normalized spacial score (nSPS) is 11.9. The summed E-state index contributed by atoms with van der Waals surface area (Å²) >= 11 is 1.10. The molecule has 2 heterocycles. The van der Waals surface area contributed by atoms with E-state index in [4.69, 9.17) is 0 Å². The van der Waals surface area contributed by atoms with Crippen LogP contribution < -0.4 is 5.43 Å². The predicted octanol–water partition coefficient (Wildman–Crippen LogP) is 5.72. The van der Waals surface area contributed by atoms with Crippen molar-refractivity contribution in [1.82, 2.24) is 19.9 Å². The van der Waals surface area contributed by atoms with Gasteiger partial charge >= 0.3 is 0 Å². The molecule has 0 atom stereocenters. The van der Waals surface area contributed by atoms with E-state index in [9.17, 15) is 4.79 Å². The maximum Gasteiger partial charge on any atom is 0.218 e. The summed E-state index contributed by atoms with van der Waals surface area (Å²) < 4.78 is 1.62. The molecular formula is C27H23N7OS. The van der Waals surface area contributed by atoms with E-state index in [0.717, 1.165) is 39.6 Å². The van der Waals surface area contributed by atoms with E-state index in [1.165, 1.54) is 12.5 Å². The summed E-state index contributed by atoms with van der Waals surface area (Å²) in [6, 6.07) is 27.4. The van der Waals surface area contributed by atoms with Crippen molar-refractivity contribution >= 4 is 45.4 Å². The first-order valence-corrected chi connectivity index (χ1v) is 12.1.